The summed E-state index contributed by atoms with van der Waals surface area (Å²) < 4.78 is 5.36. The van der Waals surface area contributed by atoms with E-state index in [2.05, 4.69) is 13.8 Å². The SMILES string of the molecule is CCOc1ccc(C(=O)CCC(=O)N2CCC(N)C(C)(C)C2)cc1. The van der Waals surface area contributed by atoms with Gasteiger partial charge in [-0.2, -0.15) is 0 Å². The van der Waals surface area contributed by atoms with E-state index in [-0.39, 0.29) is 36.0 Å². The summed E-state index contributed by atoms with van der Waals surface area (Å²) in [7, 11) is 0. The Morgan fingerprint density at radius 2 is 1.92 bits per heavy atom. The molecule has 0 radical (unpaired) electrons. The zero-order chi connectivity index (χ0) is 17.7. The van der Waals surface area contributed by atoms with Crippen molar-refractivity contribution in [3.8, 4) is 5.75 Å². The second-order valence-corrected chi connectivity index (χ2v) is 7.08. The van der Waals surface area contributed by atoms with E-state index in [1.54, 1.807) is 24.3 Å². The molecule has 1 aliphatic heterocycles. The highest BCUT2D eigenvalue weighted by Crippen LogP contribution is 2.28. The molecule has 0 spiro atoms. The zero-order valence-corrected chi connectivity index (χ0v) is 14.9. The van der Waals surface area contributed by atoms with Crippen LogP contribution < -0.4 is 10.5 Å². The summed E-state index contributed by atoms with van der Waals surface area (Å²) in [5.41, 5.74) is 6.65. The smallest absolute Gasteiger partial charge is 0.223 e. The number of ether oxygens (including phenoxy) is 1. The van der Waals surface area contributed by atoms with Crippen LogP contribution in [-0.4, -0.2) is 42.3 Å². The van der Waals surface area contributed by atoms with Crippen LogP contribution in [0.4, 0.5) is 0 Å². The van der Waals surface area contributed by atoms with Crippen molar-refractivity contribution in [2.45, 2.75) is 46.1 Å². The molecule has 5 nitrogen and oxygen atoms in total. The Balaban J connectivity index is 1.86. The van der Waals surface area contributed by atoms with Crippen LogP contribution in [0.15, 0.2) is 24.3 Å². The van der Waals surface area contributed by atoms with Crippen LogP contribution in [0.1, 0.15) is 50.4 Å². The van der Waals surface area contributed by atoms with Crippen LogP contribution in [0, 0.1) is 5.41 Å². The number of benzene rings is 1. The van der Waals surface area contributed by atoms with E-state index in [1.165, 1.54) is 0 Å². The van der Waals surface area contributed by atoms with Gasteiger partial charge in [0.05, 0.1) is 6.61 Å². The molecule has 1 atom stereocenters. The standard InChI is InChI=1S/C19H28N2O3/c1-4-24-15-7-5-14(6-8-15)16(22)9-10-18(23)21-12-11-17(20)19(2,3)13-21/h5-8,17H,4,9-13,20H2,1-3H3. The first-order valence-corrected chi connectivity index (χ1v) is 8.63. The molecular weight excluding hydrogens is 304 g/mol. The highest BCUT2D eigenvalue weighted by molar-refractivity contribution is 5.98. The van der Waals surface area contributed by atoms with Crippen LogP contribution in [0.3, 0.4) is 0 Å². The van der Waals surface area contributed by atoms with E-state index >= 15 is 0 Å². The molecule has 132 valence electrons. The van der Waals surface area contributed by atoms with Crippen LogP contribution in [0.25, 0.3) is 0 Å². The lowest BCUT2D eigenvalue weighted by Gasteiger charge is -2.42. The van der Waals surface area contributed by atoms with Gasteiger partial charge in [0.25, 0.3) is 0 Å². The number of likely N-dealkylation sites (tertiary alicyclic amines) is 1. The quantitative estimate of drug-likeness (QED) is 0.813. The fourth-order valence-electron chi connectivity index (χ4n) is 3.01. The summed E-state index contributed by atoms with van der Waals surface area (Å²) in [6.07, 6.45) is 1.29. The Labute approximate surface area is 144 Å². The second-order valence-electron chi connectivity index (χ2n) is 7.08. The summed E-state index contributed by atoms with van der Waals surface area (Å²) in [5.74, 6) is 0.769. The van der Waals surface area contributed by atoms with Crippen molar-refractivity contribution in [1.82, 2.24) is 4.90 Å². The van der Waals surface area contributed by atoms with Crippen molar-refractivity contribution < 1.29 is 14.3 Å². The number of carbonyl (C=O) groups excluding carboxylic acids is 2. The largest absolute Gasteiger partial charge is 0.494 e. The number of nitrogens with zero attached hydrogens (tertiary/aromatic N) is 1. The van der Waals surface area contributed by atoms with Crippen molar-refractivity contribution in [1.29, 1.82) is 0 Å². The first-order valence-electron chi connectivity index (χ1n) is 8.63. The molecule has 0 aromatic heterocycles. The molecule has 1 amide bonds. The molecule has 1 heterocycles. The lowest BCUT2D eigenvalue weighted by Crippen LogP contribution is -2.54. The minimum Gasteiger partial charge on any atom is -0.494 e. The van der Waals surface area contributed by atoms with Crippen molar-refractivity contribution >= 4 is 11.7 Å². The van der Waals surface area contributed by atoms with Crippen LogP contribution in [0.5, 0.6) is 5.75 Å². The highest BCUT2D eigenvalue weighted by atomic mass is 16.5. The van der Waals surface area contributed by atoms with Crippen molar-refractivity contribution in [3.63, 3.8) is 0 Å². The predicted molar refractivity (Wildman–Crippen MR) is 94.1 cm³/mol. The van der Waals surface area contributed by atoms with E-state index in [0.717, 1.165) is 12.2 Å². The lowest BCUT2D eigenvalue weighted by molar-refractivity contribution is -0.134. The minimum atomic E-state index is -0.0764. The minimum absolute atomic E-state index is 0.0145. The Hall–Kier alpha value is -1.88. The number of amides is 1. The lowest BCUT2D eigenvalue weighted by atomic mass is 9.79. The third kappa shape index (κ3) is 4.57. The normalized spacial score (nSPS) is 19.8. The van der Waals surface area contributed by atoms with Crippen LogP contribution >= 0.6 is 0 Å². The molecule has 5 heteroatoms. The molecule has 1 aromatic rings. The number of carbonyl (C=O) groups is 2. The molecule has 0 saturated carbocycles. The zero-order valence-electron chi connectivity index (χ0n) is 14.9. The first-order chi connectivity index (χ1) is 11.3. The number of rotatable bonds is 6. The van der Waals surface area contributed by atoms with Gasteiger partial charge in [0.15, 0.2) is 5.78 Å². The molecule has 0 bridgehead atoms. The topological polar surface area (TPSA) is 72.6 Å². The maximum absolute atomic E-state index is 12.4. The molecule has 0 aliphatic carbocycles. The summed E-state index contributed by atoms with van der Waals surface area (Å²) in [4.78, 5) is 26.5. The molecular formula is C19H28N2O3. The molecule has 1 saturated heterocycles. The fraction of sp³-hybridized carbons (Fsp3) is 0.579. The van der Waals surface area contributed by atoms with Gasteiger partial charge < -0.3 is 15.4 Å². The van der Waals surface area contributed by atoms with Gasteiger partial charge >= 0.3 is 0 Å². The van der Waals surface area contributed by atoms with Gasteiger partial charge in [0.2, 0.25) is 5.91 Å². The number of hydrogen-bond donors (Lipinski definition) is 1. The Kier molecular flexibility index (Phi) is 5.99. The van der Waals surface area contributed by atoms with E-state index < -0.39 is 0 Å². The summed E-state index contributed by atoms with van der Waals surface area (Å²) in [5, 5.41) is 0. The molecule has 1 aromatic carbocycles. The third-order valence-corrected chi connectivity index (χ3v) is 4.72. The van der Waals surface area contributed by atoms with E-state index in [4.69, 9.17) is 10.5 Å². The highest BCUT2D eigenvalue weighted by Gasteiger charge is 2.35. The molecule has 2 rings (SSSR count). The third-order valence-electron chi connectivity index (χ3n) is 4.72. The molecule has 1 fully saturated rings. The Morgan fingerprint density at radius 1 is 1.25 bits per heavy atom. The van der Waals surface area contributed by atoms with Crippen molar-refractivity contribution in [2.24, 2.45) is 11.1 Å². The number of nitrogens with two attached hydrogens (primary N) is 1. The summed E-state index contributed by atoms with van der Waals surface area (Å²) >= 11 is 0. The molecule has 24 heavy (non-hydrogen) atoms. The predicted octanol–water partition coefficient (Wildman–Crippen LogP) is 2.63. The first kappa shape index (κ1) is 18.5. The van der Waals surface area contributed by atoms with Crippen LogP contribution in [0.2, 0.25) is 0 Å². The maximum Gasteiger partial charge on any atom is 0.223 e. The Bertz CT molecular complexity index is 581. The van der Waals surface area contributed by atoms with E-state index in [0.29, 0.717) is 25.3 Å². The Morgan fingerprint density at radius 3 is 2.50 bits per heavy atom. The fourth-order valence-corrected chi connectivity index (χ4v) is 3.01. The van der Waals surface area contributed by atoms with Gasteiger partial charge in [-0.3, -0.25) is 9.59 Å². The van der Waals surface area contributed by atoms with Crippen LogP contribution in [-0.2, 0) is 4.79 Å². The second kappa shape index (κ2) is 7.79. The van der Waals surface area contributed by atoms with Crippen molar-refractivity contribution in [2.75, 3.05) is 19.7 Å². The van der Waals surface area contributed by atoms with Gasteiger partial charge in [0.1, 0.15) is 5.75 Å². The average Bonchev–Trinajstić information content (AvgIpc) is 2.55. The van der Waals surface area contributed by atoms with Crippen molar-refractivity contribution in [3.05, 3.63) is 29.8 Å². The summed E-state index contributed by atoms with van der Waals surface area (Å²) in [6.45, 7) is 8.02. The van der Waals surface area contributed by atoms with E-state index in [1.807, 2.05) is 11.8 Å². The maximum atomic E-state index is 12.4. The molecule has 2 N–H and O–H groups in total. The average molecular weight is 332 g/mol. The molecule has 1 aliphatic rings. The van der Waals surface area contributed by atoms with Gasteiger partial charge in [-0.25, -0.2) is 0 Å². The molecule has 1 unspecified atom stereocenters. The van der Waals surface area contributed by atoms with Gasteiger partial charge in [-0.15, -0.1) is 0 Å². The summed E-state index contributed by atoms with van der Waals surface area (Å²) in [6, 6.07) is 7.19. The van der Waals surface area contributed by atoms with Gasteiger partial charge in [-0.05, 0) is 43.0 Å². The van der Waals surface area contributed by atoms with E-state index in [9.17, 15) is 9.59 Å². The van der Waals surface area contributed by atoms with Gasteiger partial charge in [-0.1, -0.05) is 13.8 Å². The number of Topliss-reactive ketones (excluding diaryl/α,β-unsaturated/α-hetero) is 1. The van der Waals surface area contributed by atoms with Gasteiger partial charge in [0, 0.05) is 37.5 Å². The number of hydrogen-bond acceptors (Lipinski definition) is 4. The monoisotopic (exact) mass is 332 g/mol. The number of ketones is 1. The number of piperidine rings is 1.